The number of imidazole rings is 1. The lowest BCUT2D eigenvalue weighted by atomic mass is 9.97. The summed E-state index contributed by atoms with van der Waals surface area (Å²) in [5, 5.41) is 0. The molecule has 0 unspecified atom stereocenters. The molecule has 0 fully saturated rings. The molecule has 0 aliphatic carbocycles. The predicted octanol–water partition coefficient (Wildman–Crippen LogP) is 3.90. The lowest BCUT2D eigenvalue weighted by Crippen LogP contribution is -2.47. The van der Waals surface area contributed by atoms with Crippen LogP contribution in [0.4, 0.5) is 0 Å². The third-order valence-corrected chi connectivity index (χ3v) is 5.59. The van der Waals surface area contributed by atoms with E-state index in [1.807, 2.05) is 33.0 Å². The van der Waals surface area contributed by atoms with Crippen LogP contribution >= 0.6 is 0 Å². The number of hydrogen-bond acceptors (Lipinski definition) is 5. The molecule has 0 aliphatic heterocycles. The Hall–Kier alpha value is -2.70. The number of carbonyl (C=O) groups excluding carboxylic acids is 2. The van der Waals surface area contributed by atoms with Crippen LogP contribution in [0.15, 0.2) is 31.1 Å². The quantitative estimate of drug-likeness (QED) is 0.299. The van der Waals surface area contributed by atoms with Crippen LogP contribution in [0.25, 0.3) is 11.0 Å². The van der Waals surface area contributed by atoms with E-state index in [1.165, 1.54) is 6.08 Å². The predicted molar refractivity (Wildman–Crippen MR) is 118 cm³/mol. The van der Waals surface area contributed by atoms with E-state index in [9.17, 15) is 9.59 Å². The summed E-state index contributed by atoms with van der Waals surface area (Å²) in [5.41, 5.74) is 2.00. The fourth-order valence-electron chi connectivity index (χ4n) is 3.65. The number of amides is 1. The smallest absolute Gasteiger partial charge is 0.329 e. The standard InChI is InChI=1S/C23H34N4O3/c1-6-15-30-23(29)22(17(3)7-2)26(5)21(28)11-9-8-10-14-27-18(4)25-19-12-13-24-16-20(19)27/h6,12-13,16-17,22H,1,7-11,14-15H2,2-5H3/t17-,22-/m0/s1. The van der Waals surface area contributed by atoms with Gasteiger partial charge in [0.05, 0.1) is 17.2 Å². The molecule has 0 radical (unpaired) electrons. The van der Waals surface area contributed by atoms with E-state index in [0.29, 0.717) is 6.42 Å². The monoisotopic (exact) mass is 414 g/mol. The van der Waals surface area contributed by atoms with Crippen molar-refractivity contribution in [3.05, 3.63) is 36.9 Å². The average molecular weight is 415 g/mol. The van der Waals surface area contributed by atoms with Crippen LogP contribution in [-0.4, -0.2) is 51.0 Å². The summed E-state index contributed by atoms with van der Waals surface area (Å²) in [4.78, 5) is 35.4. The minimum Gasteiger partial charge on any atom is -0.460 e. The van der Waals surface area contributed by atoms with Crippen molar-refractivity contribution in [2.24, 2.45) is 5.92 Å². The average Bonchev–Trinajstić information content (AvgIpc) is 3.06. The van der Waals surface area contributed by atoms with E-state index in [1.54, 1.807) is 18.1 Å². The van der Waals surface area contributed by atoms with E-state index in [-0.39, 0.29) is 24.4 Å². The largest absolute Gasteiger partial charge is 0.460 e. The fourth-order valence-corrected chi connectivity index (χ4v) is 3.65. The first-order valence-electron chi connectivity index (χ1n) is 10.7. The highest BCUT2D eigenvalue weighted by atomic mass is 16.5. The Balaban J connectivity index is 1.84. The summed E-state index contributed by atoms with van der Waals surface area (Å²) in [5.74, 6) is 0.617. The van der Waals surface area contributed by atoms with E-state index in [2.05, 4.69) is 21.1 Å². The summed E-state index contributed by atoms with van der Waals surface area (Å²) >= 11 is 0. The molecule has 0 N–H and O–H groups in total. The highest BCUT2D eigenvalue weighted by Crippen LogP contribution is 2.18. The number of fused-ring (bicyclic) bond motifs is 1. The number of unbranched alkanes of at least 4 members (excludes halogenated alkanes) is 2. The zero-order chi connectivity index (χ0) is 22.1. The second-order valence-corrected chi connectivity index (χ2v) is 7.74. The number of hydrogen-bond donors (Lipinski definition) is 0. The second-order valence-electron chi connectivity index (χ2n) is 7.74. The van der Waals surface area contributed by atoms with E-state index < -0.39 is 6.04 Å². The van der Waals surface area contributed by atoms with Crippen molar-refractivity contribution in [3.8, 4) is 0 Å². The van der Waals surface area contributed by atoms with Gasteiger partial charge in [0, 0.05) is 26.2 Å². The minimum atomic E-state index is -0.560. The Morgan fingerprint density at radius 2 is 2.10 bits per heavy atom. The third kappa shape index (κ3) is 5.90. The first kappa shape index (κ1) is 23.6. The summed E-state index contributed by atoms with van der Waals surface area (Å²) in [6, 6.07) is 1.36. The molecular weight excluding hydrogens is 380 g/mol. The molecule has 0 bridgehead atoms. The summed E-state index contributed by atoms with van der Waals surface area (Å²) in [7, 11) is 1.70. The molecule has 0 spiro atoms. The molecule has 30 heavy (non-hydrogen) atoms. The van der Waals surface area contributed by atoms with Crippen LogP contribution < -0.4 is 0 Å². The zero-order valence-electron chi connectivity index (χ0n) is 18.6. The molecule has 0 saturated carbocycles. The molecule has 7 heteroatoms. The zero-order valence-corrected chi connectivity index (χ0v) is 18.6. The van der Waals surface area contributed by atoms with E-state index in [0.717, 1.165) is 49.1 Å². The van der Waals surface area contributed by atoms with Crippen molar-refractivity contribution < 1.29 is 14.3 Å². The normalized spacial score (nSPS) is 13.1. The number of rotatable bonds is 12. The molecular formula is C23H34N4O3. The van der Waals surface area contributed by atoms with Gasteiger partial charge >= 0.3 is 5.97 Å². The Morgan fingerprint density at radius 1 is 1.33 bits per heavy atom. The van der Waals surface area contributed by atoms with Gasteiger partial charge in [-0.1, -0.05) is 39.3 Å². The van der Waals surface area contributed by atoms with Gasteiger partial charge in [-0.2, -0.15) is 0 Å². The van der Waals surface area contributed by atoms with Gasteiger partial charge < -0.3 is 14.2 Å². The van der Waals surface area contributed by atoms with Crippen molar-refractivity contribution in [2.75, 3.05) is 13.7 Å². The summed E-state index contributed by atoms with van der Waals surface area (Å²) in [6.45, 7) is 10.6. The number of aromatic nitrogens is 3. The first-order chi connectivity index (χ1) is 14.4. The van der Waals surface area contributed by atoms with Gasteiger partial charge in [-0.3, -0.25) is 9.78 Å². The second kappa shape index (κ2) is 11.5. The molecule has 0 saturated heterocycles. The van der Waals surface area contributed by atoms with Crippen LogP contribution in [0.2, 0.25) is 0 Å². The number of esters is 1. The van der Waals surface area contributed by atoms with Gasteiger partial charge in [0.1, 0.15) is 18.5 Å². The topological polar surface area (TPSA) is 77.3 Å². The van der Waals surface area contributed by atoms with Gasteiger partial charge in [-0.05, 0) is 31.7 Å². The molecule has 2 aromatic rings. The molecule has 164 valence electrons. The highest BCUT2D eigenvalue weighted by molar-refractivity contribution is 5.84. The van der Waals surface area contributed by atoms with Gasteiger partial charge in [-0.25, -0.2) is 9.78 Å². The number of ether oxygens (including phenoxy) is 1. The van der Waals surface area contributed by atoms with Crippen LogP contribution in [-0.2, 0) is 20.9 Å². The Bertz CT molecular complexity index is 861. The molecule has 2 heterocycles. The molecule has 0 aliphatic rings. The van der Waals surface area contributed by atoms with Crippen molar-refractivity contribution in [2.45, 2.75) is 65.5 Å². The lowest BCUT2D eigenvalue weighted by Gasteiger charge is -2.30. The number of pyridine rings is 1. The maximum absolute atomic E-state index is 12.7. The van der Waals surface area contributed by atoms with Crippen molar-refractivity contribution in [1.82, 2.24) is 19.4 Å². The maximum atomic E-state index is 12.7. The summed E-state index contributed by atoms with van der Waals surface area (Å²) < 4.78 is 7.39. The van der Waals surface area contributed by atoms with Gasteiger partial charge in [0.15, 0.2) is 0 Å². The number of nitrogens with zero attached hydrogens (tertiary/aromatic N) is 4. The molecule has 2 rings (SSSR count). The molecule has 2 atom stereocenters. The minimum absolute atomic E-state index is 0.0238. The van der Waals surface area contributed by atoms with Crippen LogP contribution in [0, 0.1) is 12.8 Å². The van der Waals surface area contributed by atoms with Crippen LogP contribution in [0.1, 0.15) is 51.8 Å². The van der Waals surface area contributed by atoms with Crippen LogP contribution in [0.3, 0.4) is 0 Å². The number of likely N-dealkylation sites (N-methyl/N-ethyl adjacent to an activating group) is 1. The molecule has 1 amide bonds. The van der Waals surface area contributed by atoms with Gasteiger partial charge in [0.25, 0.3) is 0 Å². The van der Waals surface area contributed by atoms with Crippen molar-refractivity contribution in [1.29, 1.82) is 0 Å². The maximum Gasteiger partial charge on any atom is 0.329 e. The van der Waals surface area contributed by atoms with Crippen molar-refractivity contribution in [3.63, 3.8) is 0 Å². The van der Waals surface area contributed by atoms with Gasteiger partial charge in [-0.15, -0.1) is 0 Å². The van der Waals surface area contributed by atoms with Crippen LogP contribution in [0.5, 0.6) is 0 Å². The molecule has 0 aromatic carbocycles. The first-order valence-corrected chi connectivity index (χ1v) is 10.7. The lowest BCUT2D eigenvalue weighted by molar-refractivity contribution is -0.155. The highest BCUT2D eigenvalue weighted by Gasteiger charge is 2.32. The number of aryl methyl sites for hydroxylation is 2. The van der Waals surface area contributed by atoms with Crippen molar-refractivity contribution >= 4 is 22.9 Å². The van der Waals surface area contributed by atoms with E-state index >= 15 is 0 Å². The SMILES string of the molecule is C=CCOC(=O)[C@H]([C@@H](C)CC)N(C)C(=O)CCCCCn1c(C)nc2ccncc21. The Labute approximate surface area is 179 Å². The number of carbonyl (C=O) groups is 2. The van der Waals surface area contributed by atoms with Gasteiger partial charge in [0.2, 0.25) is 5.91 Å². The Morgan fingerprint density at radius 3 is 2.80 bits per heavy atom. The fraction of sp³-hybridized carbons (Fsp3) is 0.565. The summed E-state index contributed by atoms with van der Waals surface area (Å²) in [6.07, 6.45) is 9.00. The van der Waals surface area contributed by atoms with E-state index in [4.69, 9.17) is 4.74 Å². The molecule has 7 nitrogen and oxygen atoms in total. The Kier molecular flexibility index (Phi) is 9.02. The third-order valence-electron chi connectivity index (χ3n) is 5.59. The molecule has 2 aromatic heterocycles.